The van der Waals surface area contributed by atoms with Crippen molar-refractivity contribution in [3.8, 4) is 0 Å². The molecule has 66 valence electrons. The van der Waals surface area contributed by atoms with Gasteiger partial charge in [0.25, 0.3) is 0 Å². The van der Waals surface area contributed by atoms with Gasteiger partial charge in [0.2, 0.25) is 0 Å². The molecule has 0 aromatic carbocycles. The van der Waals surface area contributed by atoms with E-state index in [1.807, 2.05) is 13.8 Å². The van der Waals surface area contributed by atoms with E-state index in [1.54, 1.807) is 0 Å². The van der Waals surface area contributed by atoms with E-state index in [0.717, 1.165) is 12.1 Å². The van der Waals surface area contributed by atoms with Crippen molar-refractivity contribution in [3.05, 3.63) is 0 Å². The number of piperazine rings is 1. The van der Waals surface area contributed by atoms with Gasteiger partial charge in [-0.2, -0.15) is 0 Å². The molecule has 3 aliphatic rings. The lowest BCUT2D eigenvalue weighted by atomic mass is 9.91. The molecule has 2 atom stereocenters. The Kier molecular flexibility index (Phi) is 3.34. The Morgan fingerprint density at radius 3 is 2.00 bits per heavy atom. The standard InChI is InChI=1S/C7H14N2.C2H6/c1-2-9-4-6-3-7(5-9)8-6;1-2/h6-8H,2-5H2,1H3;1-2H3. The first kappa shape index (κ1) is 9.01. The van der Waals surface area contributed by atoms with Crippen LogP contribution in [0, 0.1) is 0 Å². The first-order valence-electron chi connectivity index (χ1n) is 4.87. The predicted molar refractivity (Wildman–Crippen MR) is 48.8 cm³/mol. The molecule has 3 fully saturated rings. The molecule has 3 aliphatic heterocycles. The Morgan fingerprint density at radius 1 is 1.27 bits per heavy atom. The largest absolute Gasteiger partial charge is 0.309 e. The average Bonchev–Trinajstić information content (AvgIpc) is 2.07. The molecule has 1 N–H and O–H groups in total. The van der Waals surface area contributed by atoms with Gasteiger partial charge < -0.3 is 10.2 Å². The fourth-order valence-corrected chi connectivity index (χ4v) is 1.86. The highest BCUT2D eigenvalue weighted by Crippen LogP contribution is 2.19. The van der Waals surface area contributed by atoms with E-state index in [4.69, 9.17) is 0 Å². The second kappa shape index (κ2) is 4.07. The van der Waals surface area contributed by atoms with Gasteiger partial charge >= 0.3 is 0 Å². The molecule has 3 saturated heterocycles. The van der Waals surface area contributed by atoms with Gasteiger partial charge in [-0.1, -0.05) is 20.8 Å². The first-order valence-corrected chi connectivity index (χ1v) is 4.87. The van der Waals surface area contributed by atoms with Crippen molar-refractivity contribution in [2.75, 3.05) is 19.6 Å². The molecule has 0 aliphatic carbocycles. The maximum atomic E-state index is 3.50. The SMILES string of the molecule is CC.CCN1CC2CC(C1)N2. The molecule has 2 nitrogen and oxygen atoms in total. The topological polar surface area (TPSA) is 15.3 Å². The summed E-state index contributed by atoms with van der Waals surface area (Å²) >= 11 is 0. The van der Waals surface area contributed by atoms with Crippen LogP contribution in [0.25, 0.3) is 0 Å². The molecule has 0 amide bonds. The van der Waals surface area contributed by atoms with Crippen LogP contribution < -0.4 is 5.32 Å². The van der Waals surface area contributed by atoms with Gasteiger partial charge in [0.1, 0.15) is 0 Å². The lowest BCUT2D eigenvalue weighted by Crippen LogP contribution is -2.66. The van der Waals surface area contributed by atoms with Crippen LogP contribution in [0.2, 0.25) is 0 Å². The monoisotopic (exact) mass is 156 g/mol. The summed E-state index contributed by atoms with van der Waals surface area (Å²) in [7, 11) is 0. The van der Waals surface area contributed by atoms with E-state index >= 15 is 0 Å². The smallest absolute Gasteiger partial charge is 0.0213 e. The molecule has 2 bridgehead atoms. The summed E-state index contributed by atoms with van der Waals surface area (Å²) in [6.45, 7) is 10.0. The van der Waals surface area contributed by atoms with E-state index in [2.05, 4.69) is 17.1 Å². The molecule has 2 heteroatoms. The Bertz CT molecular complexity index is 98.1. The molecule has 3 rings (SSSR count). The summed E-state index contributed by atoms with van der Waals surface area (Å²) in [4.78, 5) is 2.52. The second-order valence-corrected chi connectivity index (χ2v) is 3.15. The van der Waals surface area contributed by atoms with Crippen LogP contribution in [0.3, 0.4) is 0 Å². The fourth-order valence-electron chi connectivity index (χ4n) is 1.86. The number of nitrogens with zero attached hydrogens (tertiary/aromatic N) is 1. The number of hydrogen-bond acceptors (Lipinski definition) is 2. The van der Waals surface area contributed by atoms with Crippen molar-refractivity contribution in [3.63, 3.8) is 0 Å². The molecule has 0 radical (unpaired) electrons. The van der Waals surface area contributed by atoms with Crippen molar-refractivity contribution in [1.29, 1.82) is 0 Å². The molecular formula is C9H20N2. The summed E-state index contributed by atoms with van der Waals surface area (Å²) in [6.07, 6.45) is 1.43. The predicted octanol–water partition coefficient (Wildman–Crippen LogP) is 1.08. The van der Waals surface area contributed by atoms with Gasteiger partial charge in [-0.15, -0.1) is 0 Å². The number of rotatable bonds is 1. The summed E-state index contributed by atoms with van der Waals surface area (Å²) in [6, 6.07) is 1.67. The first-order chi connectivity index (χ1) is 5.38. The molecule has 0 aromatic rings. The van der Waals surface area contributed by atoms with E-state index in [0.29, 0.717) is 0 Å². The number of likely N-dealkylation sites (N-methyl/N-ethyl adjacent to an activating group) is 1. The minimum atomic E-state index is 0.837. The zero-order valence-corrected chi connectivity index (χ0v) is 7.93. The van der Waals surface area contributed by atoms with Crippen LogP contribution in [0.1, 0.15) is 27.2 Å². The molecular weight excluding hydrogens is 136 g/mol. The molecule has 3 heterocycles. The molecule has 0 saturated carbocycles. The molecule has 0 spiro atoms. The normalized spacial score (nSPS) is 35.2. The Balaban J connectivity index is 0.000000281. The highest BCUT2D eigenvalue weighted by atomic mass is 15.2. The van der Waals surface area contributed by atoms with Crippen LogP contribution in [-0.4, -0.2) is 36.6 Å². The zero-order chi connectivity index (χ0) is 8.27. The number of fused-ring (bicyclic) bond motifs is 2. The van der Waals surface area contributed by atoms with Crippen LogP contribution in [0.4, 0.5) is 0 Å². The third kappa shape index (κ3) is 1.94. The van der Waals surface area contributed by atoms with Crippen molar-refractivity contribution in [2.45, 2.75) is 39.3 Å². The quantitative estimate of drug-likeness (QED) is 0.611. The number of hydrogen-bond donors (Lipinski definition) is 1. The van der Waals surface area contributed by atoms with E-state index < -0.39 is 0 Å². The maximum Gasteiger partial charge on any atom is 0.0213 e. The van der Waals surface area contributed by atoms with Gasteiger partial charge in [-0.25, -0.2) is 0 Å². The van der Waals surface area contributed by atoms with Gasteiger partial charge in [0.05, 0.1) is 0 Å². The third-order valence-corrected chi connectivity index (χ3v) is 2.44. The summed E-state index contributed by atoms with van der Waals surface area (Å²) in [5, 5.41) is 3.50. The van der Waals surface area contributed by atoms with Crippen LogP contribution in [0.5, 0.6) is 0 Å². The van der Waals surface area contributed by atoms with E-state index in [9.17, 15) is 0 Å². The van der Waals surface area contributed by atoms with Crippen molar-refractivity contribution in [1.82, 2.24) is 10.2 Å². The molecule has 11 heavy (non-hydrogen) atoms. The van der Waals surface area contributed by atoms with Gasteiger partial charge in [-0.3, -0.25) is 0 Å². The minimum absolute atomic E-state index is 0.837. The number of piperidine rings is 1. The summed E-state index contributed by atoms with van der Waals surface area (Å²) in [5.41, 5.74) is 0. The lowest BCUT2D eigenvalue weighted by Gasteiger charge is -2.48. The second-order valence-electron chi connectivity index (χ2n) is 3.15. The highest BCUT2D eigenvalue weighted by Gasteiger charge is 2.35. The van der Waals surface area contributed by atoms with Crippen molar-refractivity contribution in [2.24, 2.45) is 0 Å². The lowest BCUT2D eigenvalue weighted by molar-refractivity contribution is 0.0823. The Morgan fingerprint density at radius 2 is 1.73 bits per heavy atom. The van der Waals surface area contributed by atoms with Crippen LogP contribution in [0.15, 0.2) is 0 Å². The van der Waals surface area contributed by atoms with Gasteiger partial charge in [0.15, 0.2) is 0 Å². The van der Waals surface area contributed by atoms with Gasteiger partial charge in [0, 0.05) is 25.2 Å². The summed E-state index contributed by atoms with van der Waals surface area (Å²) in [5.74, 6) is 0. The Hall–Kier alpha value is -0.0800. The fraction of sp³-hybridized carbons (Fsp3) is 1.00. The average molecular weight is 156 g/mol. The van der Waals surface area contributed by atoms with Crippen molar-refractivity contribution < 1.29 is 0 Å². The molecule has 2 unspecified atom stereocenters. The molecule has 0 aromatic heterocycles. The van der Waals surface area contributed by atoms with Crippen LogP contribution >= 0.6 is 0 Å². The minimum Gasteiger partial charge on any atom is -0.309 e. The van der Waals surface area contributed by atoms with Crippen LogP contribution in [-0.2, 0) is 0 Å². The van der Waals surface area contributed by atoms with Crippen molar-refractivity contribution >= 4 is 0 Å². The van der Waals surface area contributed by atoms with E-state index in [1.165, 1.54) is 26.1 Å². The maximum absolute atomic E-state index is 3.50. The van der Waals surface area contributed by atoms with Gasteiger partial charge in [-0.05, 0) is 13.0 Å². The van der Waals surface area contributed by atoms with E-state index in [-0.39, 0.29) is 0 Å². The third-order valence-electron chi connectivity index (χ3n) is 2.44. The number of nitrogens with one attached hydrogen (secondary N) is 1. The Labute approximate surface area is 70.0 Å². The highest BCUT2D eigenvalue weighted by molar-refractivity contribution is 4.97. The summed E-state index contributed by atoms with van der Waals surface area (Å²) < 4.78 is 0. The zero-order valence-electron chi connectivity index (χ0n) is 7.93.